The molecule has 0 unspecified atom stereocenters. The molecule has 32 heavy (non-hydrogen) atoms. The van der Waals surface area contributed by atoms with Crippen LogP contribution in [-0.2, 0) is 17.8 Å². The zero-order chi connectivity index (χ0) is 22.1. The largest absolute Gasteiger partial charge is 0.338 e. The van der Waals surface area contributed by atoms with E-state index in [1.54, 1.807) is 18.2 Å². The van der Waals surface area contributed by atoms with Crippen LogP contribution in [0.15, 0.2) is 47.0 Å². The Hall–Kier alpha value is -2.41. The Kier molecular flexibility index (Phi) is 6.17. The summed E-state index contributed by atoms with van der Waals surface area (Å²) in [5.74, 6) is 1.31. The van der Waals surface area contributed by atoms with E-state index in [1.807, 2.05) is 11.0 Å². The van der Waals surface area contributed by atoms with Gasteiger partial charge in [-0.2, -0.15) is 4.98 Å². The van der Waals surface area contributed by atoms with Gasteiger partial charge in [-0.15, -0.1) is 0 Å². The Morgan fingerprint density at radius 2 is 1.91 bits per heavy atom. The molecule has 8 heteroatoms. The van der Waals surface area contributed by atoms with Crippen LogP contribution >= 0.6 is 23.2 Å². The fraction of sp³-hybridized carbons (Fsp3) is 0.375. The fourth-order valence-corrected chi connectivity index (χ4v) is 5.10. The molecule has 0 radical (unpaired) electrons. The number of rotatable bonds is 4. The smallest absolute Gasteiger partial charge is 0.241 e. The van der Waals surface area contributed by atoms with Crippen LogP contribution < -0.4 is 4.90 Å². The van der Waals surface area contributed by atoms with Crippen molar-refractivity contribution in [2.24, 2.45) is 5.92 Å². The first-order chi connectivity index (χ1) is 15.6. The molecule has 1 amide bonds. The van der Waals surface area contributed by atoms with Gasteiger partial charge in [-0.1, -0.05) is 46.6 Å². The molecular weight excluding hydrogens is 447 g/mol. The molecule has 5 rings (SSSR count). The Bertz CT molecular complexity index is 1120. The zero-order valence-corrected chi connectivity index (χ0v) is 19.1. The predicted molar refractivity (Wildman–Crippen MR) is 125 cm³/mol. The van der Waals surface area contributed by atoms with Crippen molar-refractivity contribution in [3.63, 3.8) is 0 Å². The van der Waals surface area contributed by atoms with E-state index < -0.39 is 0 Å². The van der Waals surface area contributed by atoms with Gasteiger partial charge in [0.05, 0.1) is 11.6 Å². The molecule has 1 aromatic heterocycles. The minimum atomic E-state index is 0.0588. The lowest BCUT2D eigenvalue weighted by Gasteiger charge is -2.36. The summed E-state index contributed by atoms with van der Waals surface area (Å²) in [5, 5.41) is 5.12. The third-order valence-electron chi connectivity index (χ3n) is 6.31. The van der Waals surface area contributed by atoms with Crippen LogP contribution in [0.3, 0.4) is 0 Å². The Balaban J connectivity index is 1.19. The highest BCUT2D eigenvalue weighted by molar-refractivity contribution is 6.36. The van der Waals surface area contributed by atoms with Gasteiger partial charge in [-0.05, 0) is 68.6 Å². The summed E-state index contributed by atoms with van der Waals surface area (Å²) in [5.41, 5.74) is 3.06. The number of amides is 1. The van der Waals surface area contributed by atoms with Gasteiger partial charge in [0.15, 0.2) is 0 Å². The normalized spacial score (nSPS) is 17.4. The maximum absolute atomic E-state index is 13.2. The van der Waals surface area contributed by atoms with Crippen molar-refractivity contribution in [2.75, 3.05) is 24.5 Å². The quantitative estimate of drug-likeness (QED) is 0.521. The third kappa shape index (κ3) is 4.40. The van der Waals surface area contributed by atoms with Crippen LogP contribution in [0.1, 0.15) is 30.7 Å². The lowest BCUT2D eigenvalue weighted by molar-refractivity contribution is -0.124. The molecule has 2 aliphatic heterocycles. The average molecular weight is 471 g/mol. The number of carbonyl (C=O) groups excluding carboxylic acids is 1. The first kappa shape index (κ1) is 21.4. The van der Waals surface area contributed by atoms with Gasteiger partial charge in [0.25, 0.3) is 0 Å². The van der Waals surface area contributed by atoms with Crippen molar-refractivity contribution in [1.82, 2.24) is 15.0 Å². The monoisotopic (exact) mass is 470 g/mol. The molecule has 1 fully saturated rings. The number of likely N-dealkylation sites (tertiary alicyclic amines) is 1. The van der Waals surface area contributed by atoms with Gasteiger partial charge < -0.3 is 9.42 Å². The van der Waals surface area contributed by atoms with Crippen molar-refractivity contribution >= 4 is 34.8 Å². The SMILES string of the molecule is O=C(C1CCN(Cc2nc(-c3ccc(Cl)cc3Cl)no2)CC1)N1CCCc2ccccc21. The lowest BCUT2D eigenvalue weighted by Crippen LogP contribution is -2.44. The highest BCUT2D eigenvalue weighted by Gasteiger charge is 2.31. The number of nitrogens with zero attached hydrogens (tertiary/aromatic N) is 4. The van der Waals surface area contributed by atoms with Crippen LogP contribution in [-0.4, -0.2) is 40.6 Å². The number of anilines is 1. The fourth-order valence-electron chi connectivity index (χ4n) is 4.61. The summed E-state index contributed by atoms with van der Waals surface area (Å²) in [6.45, 7) is 3.02. The molecule has 166 valence electrons. The second kappa shape index (κ2) is 9.22. The first-order valence-corrected chi connectivity index (χ1v) is 11.7. The summed E-state index contributed by atoms with van der Waals surface area (Å²) in [6.07, 6.45) is 3.74. The third-order valence-corrected chi connectivity index (χ3v) is 6.86. The van der Waals surface area contributed by atoms with E-state index in [4.69, 9.17) is 27.7 Å². The molecule has 0 N–H and O–H groups in total. The number of hydrogen-bond donors (Lipinski definition) is 0. The molecule has 0 bridgehead atoms. The molecule has 3 heterocycles. The van der Waals surface area contributed by atoms with Gasteiger partial charge in [-0.3, -0.25) is 9.69 Å². The Morgan fingerprint density at radius 1 is 1.09 bits per heavy atom. The Labute approximate surface area is 197 Å². The highest BCUT2D eigenvalue weighted by Crippen LogP contribution is 2.31. The number of benzene rings is 2. The van der Waals surface area contributed by atoms with E-state index in [0.717, 1.165) is 51.0 Å². The minimum Gasteiger partial charge on any atom is -0.338 e. The number of hydrogen-bond acceptors (Lipinski definition) is 5. The Morgan fingerprint density at radius 3 is 2.72 bits per heavy atom. The summed E-state index contributed by atoms with van der Waals surface area (Å²) in [6, 6.07) is 13.5. The lowest BCUT2D eigenvalue weighted by atomic mass is 9.93. The second-order valence-electron chi connectivity index (χ2n) is 8.41. The highest BCUT2D eigenvalue weighted by atomic mass is 35.5. The molecule has 6 nitrogen and oxygen atoms in total. The van der Waals surface area contributed by atoms with Crippen molar-refractivity contribution < 1.29 is 9.32 Å². The number of aryl methyl sites for hydroxylation is 1. The van der Waals surface area contributed by atoms with E-state index >= 15 is 0 Å². The summed E-state index contributed by atoms with van der Waals surface area (Å²) in [4.78, 5) is 22.0. The van der Waals surface area contributed by atoms with Crippen LogP contribution in [0, 0.1) is 5.92 Å². The van der Waals surface area contributed by atoms with Crippen molar-refractivity contribution in [2.45, 2.75) is 32.2 Å². The average Bonchev–Trinajstić information content (AvgIpc) is 3.27. The van der Waals surface area contributed by atoms with E-state index in [0.29, 0.717) is 33.9 Å². The molecule has 0 aliphatic carbocycles. The van der Waals surface area contributed by atoms with E-state index in [-0.39, 0.29) is 11.8 Å². The molecule has 0 spiro atoms. The summed E-state index contributed by atoms with van der Waals surface area (Å²) < 4.78 is 5.45. The number of piperidine rings is 1. The maximum Gasteiger partial charge on any atom is 0.241 e. The molecule has 0 saturated carbocycles. The molecule has 2 aliphatic rings. The molecule has 3 aromatic rings. The number of fused-ring (bicyclic) bond motifs is 1. The topological polar surface area (TPSA) is 62.5 Å². The molecule has 2 aromatic carbocycles. The van der Waals surface area contributed by atoms with Crippen molar-refractivity contribution in [1.29, 1.82) is 0 Å². The second-order valence-corrected chi connectivity index (χ2v) is 9.25. The van der Waals surface area contributed by atoms with Gasteiger partial charge in [0.1, 0.15) is 0 Å². The standard InChI is InChI=1S/C24H24Cl2N4O2/c25-18-7-8-19(20(26)14-18)23-27-22(32-28-23)15-29-12-9-17(10-13-29)24(31)30-11-3-5-16-4-1-2-6-21(16)30/h1-2,4,6-8,14,17H,3,5,9-13,15H2. The van der Waals surface area contributed by atoms with Gasteiger partial charge in [-0.25, -0.2) is 0 Å². The minimum absolute atomic E-state index is 0.0588. The summed E-state index contributed by atoms with van der Waals surface area (Å²) in [7, 11) is 0. The van der Waals surface area contributed by atoms with Crippen LogP contribution in [0.4, 0.5) is 5.69 Å². The van der Waals surface area contributed by atoms with E-state index in [1.165, 1.54) is 5.56 Å². The predicted octanol–water partition coefficient (Wildman–Crippen LogP) is 5.23. The van der Waals surface area contributed by atoms with Crippen LogP contribution in [0.5, 0.6) is 0 Å². The number of aromatic nitrogens is 2. The molecule has 1 saturated heterocycles. The van der Waals surface area contributed by atoms with Crippen LogP contribution in [0.25, 0.3) is 11.4 Å². The first-order valence-electron chi connectivity index (χ1n) is 11.0. The maximum atomic E-state index is 13.2. The van der Waals surface area contributed by atoms with Crippen molar-refractivity contribution in [3.05, 3.63) is 64.0 Å². The number of para-hydroxylation sites is 1. The van der Waals surface area contributed by atoms with E-state index in [9.17, 15) is 4.79 Å². The molecule has 0 atom stereocenters. The van der Waals surface area contributed by atoms with Gasteiger partial charge in [0.2, 0.25) is 17.6 Å². The van der Waals surface area contributed by atoms with Gasteiger partial charge in [0, 0.05) is 28.7 Å². The number of carbonyl (C=O) groups is 1. The van der Waals surface area contributed by atoms with Crippen molar-refractivity contribution in [3.8, 4) is 11.4 Å². The van der Waals surface area contributed by atoms with E-state index in [2.05, 4.69) is 33.2 Å². The zero-order valence-electron chi connectivity index (χ0n) is 17.6. The summed E-state index contributed by atoms with van der Waals surface area (Å²) >= 11 is 12.2. The molecular formula is C24H24Cl2N4O2. The van der Waals surface area contributed by atoms with Gasteiger partial charge >= 0.3 is 0 Å². The van der Waals surface area contributed by atoms with Crippen LogP contribution in [0.2, 0.25) is 10.0 Å². The number of halogens is 2.